The monoisotopic (exact) mass is 489 g/mol. The van der Waals surface area contributed by atoms with Crippen molar-refractivity contribution in [2.75, 3.05) is 24.7 Å². The number of nitrogens with one attached hydrogen (secondary N) is 1. The van der Waals surface area contributed by atoms with Crippen molar-refractivity contribution in [3.63, 3.8) is 0 Å². The number of ether oxygens (including phenoxy) is 1. The van der Waals surface area contributed by atoms with Crippen LogP contribution in [0.25, 0.3) is 6.08 Å². The van der Waals surface area contributed by atoms with Crippen molar-refractivity contribution in [2.45, 2.75) is 25.3 Å². The summed E-state index contributed by atoms with van der Waals surface area (Å²) in [5.41, 5.74) is 10.2. The highest BCUT2D eigenvalue weighted by molar-refractivity contribution is 6.03. The molecule has 3 aromatic rings. The van der Waals surface area contributed by atoms with E-state index >= 15 is 0 Å². The van der Waals surface area contributed by atoms with Gasteiger partial charge in [-0.3, -0.25) is 4.79 Å². The number of carboxylic acid groups (broad SMARTS) is 1. The molecule has 1 aliphatic carbocycles. The van der Waals surface area contributed by atoms with Crippen LogP contribution in [0.2, 0.25) is 0 Å². The average molecular weight is 490 g/mol. The van der Waals surface area contributed by atoms with Crippen LogP contribution in [0, 0.1) is 5.82 Å². The molecule has 0 saturated heterocycles. The van der Waals surface area contributed by atoms with E-state index in [2.05, 4.69) is 5.32 Å². The van der Waals surface area contributed by atoms with E-state index in [1.165, 1.54) is 23.1 Å². The number of hydrogen-bond donors (Lipinski definition) is 3. The minimum absolute atomic E-state index is 0.148. The van der Waals surface area contributed by atoms with Crippen molar-refractivity contribution in [1.29, 1.82) is 0 Å². The number of carbonyl (C=O) groups excluding carboxylic acids is 1. The lowest BCUT2D eigenvalue weighted by Gasteiger charge is -2.27. The number of aryl methyl sites for hydroxylation is 1. The molecule has 1 aliphatic rings. The number of halogens is 1. The topological polar surface area (TPSA) is 105 Å². The van der Waals surface area contributed by atoms with Gasteiger partial charge in [0.2, 0.25) is 5.91 Å². The van der Waals surface area contributed by atoms with Crippen LogP contribution in [-0.2, 0) is 17.6 Å². The van der Waals surface area contributed by atoms with Gasteiger partial charge >= 0.3 is 6.09 Å². The maximum absolute atomic E-state index is 13.2. The largest absolute Gasteiger partial charge is 0.497 e. The van der Waals surface area contributed by atoms with Gasteiger partial charge in [-0.05, 0) is 77.9 Å². The Morgan fingerprint density at radius 3 is 2.64 bits per heavy atom. The molecule has 0 aromatic heterocycles. The quantitative estimate of drug-likeness (QED) is 0.295. The van der Waals surface area contributed by atoms with Gasteiger partial charge in [-0.2, -0.15) is 0 Å². The molecule has 0 saturated carbocycles. The van der Waals surface area contributed by atoms with E-state index < -0.39 is 11.9 Å². The van der Waals surface area contributed by atoms with E-state index in [9.17, 15) is 19.1 Å². The third-order valence-corrected chi connectivity index (χ3v) is 6.33. The van der Waals surface area contributed by atoms with Crippen molar-refractivity contribution in [3.05, 3.63) is 94.8 Å². The Bertz CT molecular complexity index is 1290. The van der Waals surface area contributed by atoms with Gasteiger partial charge < -0.3 is 25.8 Å². The molecule has 1 unspecified atom stereocenters. The smallest absolute Gasteiger partial charge is 0.407 e. The molecular weight excluding hydrogens is 461 g/mol. The fraction of sp³-hybridized carbons (Fsp3) is 0.214. The average Bonchev–Trinajstić information content (AvgIpc) is 3.28. The predicted molar refractivity (Wildman–Crippen MR) is 137 cm³/mol. The number of methoxy groups -OCH3 is 1. The van der Waals surface area contributed by atoms with Gasteiger partial charge in [0.05, 0.1) is 24.5 Å². The molecule has 0 bridgehead atoms. The minimum atomic E-state index is -0.943. The van der Waals surface area contributed by atoms with E-state index in [-0.39, 0.29) is 17.6 Å². The van der Waals surface area contributed by atoms with Crippen LogP contribution in [-0.4, -0.2) is 35.7 Å². The summed E-state index contributed by atoms with van der Waals surface area (Å²) in [6.07, 6.45) is 4.20. The number of nitrogens with zero attached hydrogens (tertiary/aromatic N) is 1. The summed E-state index contributed by atoms with van der Waals surface area (Å²) in [6.45, 7) is 0.389. The van der Waals surface area contributed by atoms with Gasteiger partial charge in [0.1, 0.15) is 11.6 Å². The number of nitrogens with two attached hydrogens (primary N) is 1. The molecule has 3 aromatic carbocycles. The van der Waals surface area contributed by atoms with Crippen LogP contribution >= 0.6 is 0 Å². The third kappa shape index (κ3) is 5.83. The summed E-state index contributed by atoms with van der Waals surface area (Å²) in [7, 11) is 1.61. The maximum atomic E-state index is 13.2. The van der Waals surface area contributed by atoms with Crippen LogP contribution in [0.1, 0.15) is 34.7 Å². The van der Waals surface area contributed by atoms with Crippen LogP contribution in [0.3, 0.4) is 0 Å². The summed E-state index contributed by atoms with van der Waals surface area (Å²) in [5.74, 6) is -0.0950. The van der Waals surface area contributed by atoms with Gasteiger partial charge in [-0.25, -0.2) is 9.18 Å². The van der Waals surface area contributed by atoms with Crippen LogP contribution < -0.4 is 15.8 Å². The van der Waals surface area contributed by atoms with E-state index in [1.54, 1.807) is 13.2 Å². The zero-order valence-corrected chi connectivity index (χ0v) is 19.9. The number of benzene rings is 3. The molecule has 0 radical (unpaired) electrons. The Balaban J connectivity index is 1.41. The first-order valence-electron chi connectivity index (χ1n) is 11.6. The minimum Gasteiger partial charge on any atom is -0.497 e. The van der Waals surface area contributed by atoms with Gasteiger partial charge in [-0.1, -0.05) is 30.3 Å². The highest BCUT2D eigenvalue weighted by Gasteiger charge is 2.30. The second-order valence-corrected chi connectivity index (χ2v) is 8.64. The Hall–Kier alpha value is -4.33. The number of carbonyl (C=O) groups is 2. The Morgan fingerprint density at radius 1 is 1.17 bits per heavy atom. The van der Waals surface area contributed by atoms with Crippen molar-refractivity contribution in [1.82, 2.24) is 4.90 Å². The molecule has 4 N–H and O–H groups in total. The molecule has 7 nitrogen and oxygen atoms in total. The van der Waals surface area contributed by atoms with Gasteiger partial charge in [0.25, 0.3) is 0 Å². The lowest BCUT2D eigenvalue weighted by Crippen LogP contribution is -2.34. The first kappa shape index (κ1) is 24.8. The highest BCUT2D eigenvalue weighted by atomic mass is 19.1. The van der Waals surface area contributed by atoms with Gasteiger partial charge in [0.15, 0.2) is 0 Å². The van der Waals surface area contributed by atoms with E-state index in [4.69, 9.17) is 10.5 Å². The van der Waals surface area contributed by atoms with Gasteiger partial charge in [0, 0.05) is 12.6 Å². The van der Waals surface area contributed by atoms with Crippen molar-refractivity contribution in [2.24, 2.45) is 0 Å². The zero-order valence-electron chi connectivity index (χ0n) is 19.9. The fourth-order valence-electron chi connectivity index (χ4n) is 4.46. The summed E-state index contributed by atoms with van der Waals surface area (Å²) >= 11 is 0. The number of amides is 2. The Labute approximate surface area is 209 Å². The molecule has 0 aliphatic heterocycles. The SMILES string of the molecule is COc1ccc(CCN(C(=O)O)C2CCc3cc(/C=C/C(=O)Nc4ccc(F)cc4N)ccc32)cc1. The molecule has 8 heteroatoms. The highest BCUT2D eigenvalue weighted by Crippen LogP contribution is 2.36. The number of anilines is 2. The lowest BCUT2D eigenvalue weighted by atomic mass is 10.0. The first-order chi connectivity index (χ1) is 17.3. The molecule has 2 amide bonds. The predicted octanol–water partition coefficient (Wildman–Crippen LogP) is 5.28. The molecule has 0 heterocycles. The lowest BCUT2D eigenvalue weighted by molar-refractivity contribution is -0.111. The number of hydrogen-bond acceptors (Lipinski definition) is 4. The van der Waals surface area contributed by atoms with Crippen molar-refractivity contribution in [3.8, 4) is 5.75 Å². The van der Waals surface area contributed by atoms with Gasteiger partial charge in [-0.15, -0.1) is 0 Å². The Kier molecular flexibility index (Phi) is 7.53. The standard InChI is InChI=1S/C28H28FN3O4/c1-36-22-8-2-18(3-9-22)14-15-32(28(34)35)26-12-6-20-16-19(4-10-23(20)26)5-13-27(33)31-25-11-7-21(29)17-24(25)30/h2-5,7-11,13,16-17,26H,6,12,14-15,30H2,1H3,(H,31,33)(H,34,35)/b13-5+. The zero-order chi connectivity index (χ0) is 25.7. The molecule has 1 atom stereocenters. The van der Waals surface area contributed by atoms with Crippen LogP contribution in [0.5, 0.6) is 5.75 Å². The van der Waals surface area contributed by atoms with Crippen LogP contribution in [0.15, 0.2) is 66.7 Å². The molecule has 0 spiro atoms. The molecule has 186 valence electrons. The maximum Gasteiger partial charge on any atom is 0.407 e. The van der Waals surface area contributed by atoms with E-state index in [1.807, 2.05) is 42.5 Å². The Morgan fingerprint density at radius 2 is 1.94 bits per heavy atom. The number of nitrogen functional groups attached to an aromatic ring is 1. The molecule has 36 heavy (non-hydrogen) atoms. The molecule has 4 rings (SSSR count). The summed E-state index contributed by atoms with van der Waals surface area (Å²) in [4.78, 5) is 25.9. The molecular formula is C28H28FN3O4. The van der Waals surface area contributed by atoms with E-state index in [0.717, 1.165) is 40.5 Å². The number of rotatable bonds is 8. The third-order valence-electron chi connectivity index (χ3n) is 6.33. The fourth-order valence-corrected chi connectivity index (χ4v) is 4.46. The van der Waals surface area contributed by atoms with Crippen LogP contribution in [0.4, 0.5) is 20.6 Å². The summed E-state index contributed by atoms with van der Waals surface area (Å²) in [5, 5.41) is 12.5. The number of fused-ring (bicyclic) bond motifs is 1. The summed E-state index contributed by atoms with van der Waals surface area (Å²) < 4.78 is 18.4. The first-order valence-corrected chi connectivity index (χ1v) is 11.6. The van der Waals surface area contributed by atoms with Crippen molar-refractivity contribution < 1.29 is 23.8 Å². The van der Waals surface area contributed by atoms with Crippen molar-refractivity contribution >= 4 is 29.5 Å². The molecule has 0 fully saturated rings. The second-order valence-electron chi connectivity index (χ2n) is 8.64. The normalized spacial score (nSPS) is 14.4. The van der Waals surface area contributed by atoms with E-state index in [0.29, 0.717) is 25.1 Å². The second kappa shape index (κ2) is 10.9. The summed E-state index contributed by atoms with van der Waals surface area (Å²) in [6, 6.07) is 17.0.